The molecule has 0 radical (unpaired) electrons. The molecular weight excluding hydrogens is 308 g/mol. The van der Waals surface area contributed by atoms with Gasteiger partial charge in [0.25, 0.3) is 0 Å². The average molecular weight is 329 g/mol. The largest absolute Gasteiger partial charge is 0.355 e. The molecule has 4 nitrogen and oxygen atoms in total. The van der Waals surface area contributed by atoms with Crippen molar-refractivity contribution in [2.75, 3.05) is 12.3 Å². The van der Waals surface area contributed by atoms with Gasteiger partial charge >= 0.3 is 0 Å². The summed E-state index contributed by atoms with van der Waals surface area (Å²) in [5.41, 5.74) is 0. The monoisotopic (exact) mass is 328 g/mol. The van der Waals surface area contributed by atoms with Crippen LogP contribution in [0.15, 0.2) is 23.4 Å². The van der Waals surface area contributed by atoms with Gasteiger partial charge in [0.15, 0.2) is 0 Å². The Bertz CT molecular complexity index is 487. The maximum absolute atomic E-state index is 12.0. The van der Waals surface area contributed by atoms with Gasteiger partial charge in [-0.3, -0.25) is 9.00 Å². The van der Waals surface area contributed by atoms with Gasteiger partial charge in [-0.15, -0.1) is 0 Å². The fourth-order valence-electron chi connectivity index (χ4n) is 2.63. The summed E-state index contributed by atoms with van der Waals surface area (Å²) in [7, 11) is -1.41. The molecule has 0 saturated heterocycles. The molecule has 1 atom stereocenters. The van der Waals surface area contributed by atoms with Crippen molar-refractivity contribution >= 4 is 28.3 Å². The molecule has 1 saturated carbocycles. The number of pyridine rings is 1. The highest BCUT2D eigenvalue weighted by Gasteiger charge is 2.14. The van der Waals surface area contributed by atoms with Gasteiger partial charge in [0.1, 0.15) is 10.8 Å². The van der Waals surface area contributed by atoms with Gasteiger partial charge in [-0.25, -0.2) is 4.98 Å². The normalized spacial score (nSPS) is 17.4. The van der Waals surface area contributed by atoms with E-state index >= 15 is 0 Å². The highest BCUT2D eigenvalue weighted by molar-refractivity contribution is 7.85. The third-order valence-electron chi connectivity index (χ3n) is 3.80. The number of carbonyl (C=O) groups is 1. The summed E-state index contributed by atoms with van der Waals surface area (Å²) < 4.78 is 12.0. The van der Waals surface area contributed by atoms with Gasteiger partial charge in [0.05, 0.1) is 15.8 Å². The van der Waals surface area contributed by atoms with Crippen LogP contribution >= 0.6 is 11.6 Å². The van der Waals surface area contributed by atoms with Crippen molar-refractivity contribution in [1.29, 1.82) is 0 Å². The van der Waals surface area contributed by atoms with Crippen LogP contribution in [-0.2, 0) is 15.6 Å². The summed E-state index contributed by atoms with van der Waals surface area (Å²) in [6.45, 7) is 0.675. The van der Waals surface area contributed by atoms with Gasteiger partial charge in [-0.2, -0.15) is 0 Å². The van der Waals surface area contributed by atoms with Crippen LogP contribution in [0.2, 0.25) is 5.02 Å². The summed E-state index contributed by atoms with van der Waals surface area (Å²) in [5, 5.41) is 3.74. The molecule has 1 aliphatic rings. The molecule has 1 aliphatic carbocycles. The number of amides is 1. The van der Waals surface area contributed by atoms with Crippen LogP contribution in [0, 0.1) is 5.92 Å². The first-order valence-electron chi connectivity index (χ1n) is 7.42. The lowest BCUT2D eigenvalue weighted by atomic mass is 9.87. The molecule has 21 heavy (non-hydrogen) atoms. The highest BCUT2D eigenvalue weighted by Crippen LogP contribution is 2.25. The molecule has 2 rings (SSSR count). The maximum atomic E-state index is 12.0. The van der Waals surface area contributed by atoms with Crippen LogP contribution in [0.5, 0.6) is 0 Å². The van der Waals surface area contributed by atoms with Crippen molar-refractivity contribution < 1.29 is 9.00 Å². The lowest BCUT2D eigenvalue weighted by Gasteiger charge is -2.21. The number of carbonyl (C=O) groups excluding carboxylic acids is 1. The topological polar surface area (TPSA) is 59.1 Å². The van der Waals surface area contributed by atoms with Crippen LogP contribution in [0.4, 0.5) is 0 Å². The predicted molar refractivity (Wildman–Crippen MR) is 84.7 cm³/mol. The van der Waals surface area contributed by atoms with E-state index in [0.29, 0.717) is 16.6 Å². The summed E-state index contributed by atoms with van der Waals surface area (Å²) >= 11 is 5.72. The number of rotatable bonds is 6. The van der Waals surface area contributed by atoms with Crippen molar-refractivity contribution in [2.24, 2.45) is 5.92 Å². The molecule has 1 aromatic heterocycles. The summed E-state index contributed by atoms with van der Waals surface area (Å²) in [6, 6.07) is 3.22. The van der Waals surface area contributed by atoms with E-state index in [0.717, 1.165) is 12.3 Å². The zero-order valence-electron chi connectivity index (χ0n) is 12.0. The van der Waals surface area contributed by atoms with Crippen molar-refractivity contribution in [3.8, 4) is 0 Å². The third-order valence-corrected chi connectivity index (χ3v) is 5.25. The quantitative estimate of drug-likeness (QED) is 0.873. The Hall–Kier alpha value is -0.940. The number of nitrogens with zero attached hydrogens (tertiary/aromatic N) is 1. The highest BCUT2D eigenvalue weighted by atomic mass is 35.5. The molecule has 0 spiro atoms. The Morgan fingerprint density at radius 3 is 2.76 bits per heavy atom. The van der Waals surface area contributed by atoms with Crippen molar-refractivity contribution in [2.45, 2.75) is 43.6 Å². The van der Waals surface area contributed by atoms with Gasteiger partial charge < -0.3 is 5.32 Å². The Kier molecular flexibility index (Phi) is 6.64. The van der Waals surface area contributed by atoms with Gasteiger partial charge in [0, 0.05) is 12.7 Å². The molecule has 0 bridgehead atoms. The fraction of sp³-hybridized carbons (Fsp3) is 0.600. The van der Waals surface area contributed by atoms with Crippen molar-refractivity contribution in [3.63, 3.8) is 0 Å². The molecule has 1 fully saturated rings. The zero-order chi connectivity index (χ0) is 15.1. The Morgan fingerprint density at radius 1 is 1.33 bits per heavy atom. The minimum atomic E-state index is -1.41. The number of hydrogen-bond donors (Lipinski definition) is 1. The second-order valence-electron chi connectivity index (χ2n) is 5.45. The van der Waals surface area contributed by atoms with E-state index in [2.05, 4.69) is 10.3 Å². The fourth-order valence-corrected chi connectivity index (χ4v) is 3.62. The Morgan fingerprint density at radius 2 is 2.10 bits per heavy atom. The number of aromatic nitrogens is 1. The van der Waals surface area contributed by atoms with E-state index in [9.17, 15) is 9.00 Å². The first-order chi connectivity index (χ1) is 10.1. The van der Waals surface area contributed by atoms with Crippen LogP contribution in [0.25, 0.3) is 0 Å². The van der Waals surface area contributed by atoms with E-state index in [1.807, 2.05) is 0 Å². The van der Waals surface area contributed by atoms with Crippen molar-refractivity contribution in [1.82, 2.24) is 10.3 Å². The number of hydrogen-bond acceptors (Lipinski definition) is 3. The molecule has 1 heterocycles. The van der Waals surface area contributed by atoms with Gasteiger partial charge in [-0.1, -0.05) is 43.7 Å². The lowest BCUT2D eigenvalue weighted by Crippen LogP contribution is -2.30. The zero-order valence-corrected chi connectivity index (χ0v) is 13.6. The van der Waals surface area contributed by atoms with Crippen LogP contribution < -0.4 is 5.32 Å². The lowest BCUT2D eigenvalue weighted by molar-refractivity contribution is -0.118. The van der Waals surface area contributed by atoms with Crippen molar-refractivity contribution in [3.05, 3.63) is 23.4 Å². The summed E-state index contributed by atoms with van der Waals surface area (Å²) in [6.07, 6.45) is 8.98. The Balaban J connectivity index is 1.68. The smallest absolute Gasteiger partial charge is 0.233 e. The molecule has 1 aromatic rings. The second-order valence-corrected chi connectivity index (χ2v) is 7.28. The molecule has 0 aliphatic heterocycles. The standard InChI is InChI=1S/C15H21ClN2O2S/c16-13-6-7-15(18-10-13)21(20)11-14(19)17-9-8-12-4-2-1-3-5-12/h6-7,10,12H,1-5,8-9,11H2,(H,17,19)/t21-/m0/s1. The van der Waals surface area contributed by atoms with E-state index in [-0.39, 0.29) is 11.7 Å². The van der Waals surface area contributed by atoms with E-state index in [1.165, 1.54) is 38.3 Å². The number of halogens is 1. The third kappa shape index (κ3) is 5.75. The molecular formula is C15H21ClN2O2S. The minimum Gasteiger partial charge on any atom is -0.355 e. The molecule has 0 aromatic carbocycles. The van der Waals surface area contributed by atoms with Gasteiger partial charge in [-0.05, 0) is 24.5 Å². The van der Waals surface area contributed by atoms with Crippen LogP contribution in [0.1, 0.15) is 38.5 Å². The first-order valence-corrected chi connectivity index (χ1v) is 9.11. The molecule has 1 amide bonds. The van der Waals surface area contributed by atoms with E-state index in [1.54, 1.807) is 12.1 Å². The predicted octanol–water partition coefficient (Wildman–Crippen LogP) is 2.93. The first kappa shape index (κ1) is 16.4. The molecule has 1 N–H and O–H groups in total. The van der Waals surface area contributed by atoms with Gasteiger partial charge in [0.2, 0.25) is 5.91 Å². The minimum absolute atomic E-state index is 0.0424. The second kappa shape index (κ2) is 8.49. The molecule has 116 valence electrons. The van der Waals surface area contributed by atoms with E-state index < -0.39 is 10.8 Å². The van der Waals surface area contributed by atoms with E-state index in [4.69, 9.17) is 11.6 Å². The molecule has 6 heteroatoms. The maximum Gasteiger partial charge on any atom is 0.233 e. The van der Waals surface area contributed by atoms with Crippen LogP contribution in [-0.4, -0.2) is 27.4 Å². The SMILES string of the molecule is O=C(C[S@](=O)c1ccc(Cl)cn1)NCCC1CCCCC1. The summed E-state index contributed by atoms with van der Waals surface area (Å²) in [4.78, 5) is 15.8. The summed E-state index contributed by atoms with van der Waals surface area (Å²) in [5.74, 6) is 0.516. The Labute approximate surface area is 133 Å². The average Bonchev–Trinajstić information content (AvgIpc) is 2.49. The van der Waals surface area contributed by atoms with Crippen LogP contribution in [0.3, 0.4) is 0 Å². The molecule has 0 unspecified atom stereocenters. The number of nitrogens with one attached hydrogen (secondary N) is 1.